The fourth-order valence-corrected chi connectivity index (χ4v) is 0.712. The standard InChI is InChI=1S/C7H3F3N2/c8-6-2-1-4(7(9)10)5(3-11)12-6/h1-2,7H. The van der Waals surface area contributed by atoms with Crippen LogP contribution < -0.4 is 0 Å². The zero-order valence-electron chi connectivity index (χ0n) is 5.76. The number of alkyl halides is 2. The molecule has 0 aliphatic heterocycles. The van der Waals surface area contributed by atoms with Crippen LogP contribution in [0.3, 0.4) is 0 Å². The predicted octanol–water partition coefficient (Wildman–Crippen LogP) is 2.03. The van der Waals surface area contributed by atoms with Gasteiger partial charge in [0.15, 0.2) is 5.69 Å². The van der Waals surface area contributed by atoms with Crippen molar-refractivity contribution < 1.29 is 13.2 Å². The summed E-state index contributed by atoms with van der Waals surface area (Å²) < 4.78 is 36.4. The van der Waals surface area contributed by atoms with Crippen LogP contribution in [0.4, 0.5) is 13.2 Å². The highest BCUT2D eigenvalue weighted by atomic mass is 19.3. The number of rotatable bonds is 1. The molecule has 0 atom stereocenters. The molecule has 0 saturated heterocycles. The molecule has 62 valence electrons. The van der Waals surface area contributed by atoms with E-state index in [0.717, 1.165) is 12.1 Å². The summed E-state index contributed by atoms with van der Waals surface area (Å²) in [7, 11) is 0. The second-order valence-corrected chi connectivity index (χ2v) is 1.98. The molecule has 1 aromatic rings. The van der Waals surface area contributed by atoms with Crippen LogP contribution in [0.5, 0.6) is 0 Å². The Hall–Kier alpha value is -1.57. The molecule has 0 saturated carbocycles. The van der Waals surface area contributed by atoms with Gasteiger partial charge in [-0.2, -0.15) is 9.65 Å². The molecular weight excluding hydrogens is 169 g/mol. The van der Waals surface area contributed by atoms with E-state index in [1.165, 1.54) is 6.07 Å². The Kier molecular flexibility index (Phi) is 2.29. The van der Waals surface area contributed by atoms with Crippen molar-refractivity contribution in [3.63, 3.8) is 0 Å². The van der Waals surface area contributed by atoms with Crippen LogP contribution >= 0.6 is 0 Å². The Balaban J connectivity index is 3.23. The Labute approximate surface area is 66.3 Å². The lowest BCUT2D eigenvalue weighted by Gasteiger charge is -1.99. The quantitative estimate of drug-likeness (QED) is 0.607. The van der Waals surface area contributed by atoms with E-state index in [4.69, 9.17) is 5.26 Å². The highest BCUT2D eigenvalue weighted by Gasteiger charge is 2.14. The van der Waals surface area contributed by atoms with Gasteiger partial charge in [0.25, 0.3) is 6.43 Å². The van der Waals surface area contributed by atoms with Gasteiger partial charge in [-0.25, -0.2) is 13.8 Å². The van der Waals surface area contributed by atoms with E-state index in [9.17, 15) is 13.2 Å². The molecule has 0 spiro atoms. The van der Waals surface area contributed by atoms with E-state index in [0.29, 0.717) is 0 Å². The molecule has 0 radical (unpaired) electrons. The van der Waals surface area contributed by atoms with E-state index >= 15 is 0 Å². The maximum atomic E-state index is 12.3. The number of hydrogen-bond acceptors (Lipinski definition) is 2. The van der Waals surface area contributed by atoms with E-state index in [1.807, 2.05) is 0 Å². The summed E-state index contributed by atoms with van der Waals surface area (Å²) in [5.74, 6) is -0.934. The third-order valence-corrected chi connectivity index (χ3v) is 1.23. The second kappa shape index (κ2) is 3.22. The molecule has 1 aromatic heterocycles. The monoisotopic (exact) mass is 172 g/mol. The van der Waals surface area contributed by atoms with Crippen molar-refractivity contribution in [2.45, 2.75) is 6.43 Å². The van der Waals surface area contributed by atoms with Crippen molar-refractivity contribution in [3.05, 3.63) is 29.3 Å². The molecule has 0 N–H and O–H groups in total. The summed E-state index contributed by atoms with van der Waals surface area (Å²) in [4.78, 5) is 3.01. The molecule has 0 aliphatic carbocycles. The van der Waals surface area contributed by atoms with Crippen molar-refractivity contribution >= 4 is 0 Å². The first-order chi connectivity index (χ1) is 5.65. The SMILES string of the molecule is N#Cc1nc(F)ccc1C(F)F. The van der Waals surface area contributed by atoms with Gasteiger partial charge in [-0.3, -0.25) is 0 Å². The molecule has 1 heterocycles. The Morgan fingerprint density at radius 2 is 2.08 bits per heavy atom. The van der Waals surface area contributed by atoms with Gasteiger partial charge in [0.2, 0.25) is 5.95 Å². The van der Waals surface area contributed by atoms with Crippen molar-refractivity contribution in [1.82, 2.24) is 4.98 Å². The molecule has 0 fully saturated rings. The fourth-order valence-electron chi connectivity index (χ4n) is 0.712. The highest BCUT2D eigenvalue weighted by molar-refractivity contribution is 5.31. The van der Waals surface area contributed by atoms with Crippen LogP contribution in [0.15, 0.2) is 12.1 Å². The number of aromatic nitrogens is 1. The smallest absolute Gasteiger partial charge is 0.208 e. The Morgan fingerprint density at radius 3 is 2.58 bits per heavy atom. The average Bonchev–Trinajstić information content (AvgIpc) is 2.03. The van der Waals surface area contributed by atoms with Crippen molar-refractivity contribution in [2.75, 3.05) is 0 Å². The van der Waals surface area contributed by atoms with Crippen LogP contribution in [0, 0.1) is 17.3 Å². The van der Waals surface area contributed by atoms with Gasteiger partial charge in [0.05, 0.1) is 5.56 Å². The summed E-state index contributed by atoms with van der Waals surface area (Å²) in [5, 5.41) is 8.28. The number of nitrogens with zero attached hydrogens (tertiary/aromatic N) is 2. The minimum absolute atomic E-state index is 0.543. The first kappa shape index (κ1) is 8.53. The first-order valence-electron chi connectivity index (χ1n) is 3.00. The number of hydrogen-bond donors (Lipinski definition) is 0. The van der Waals surface area contributed by atoms with Gasteiger partial charge in [-0.1, -0.05) is 0 Å². The highest BCUT2D eigenvalue weighted by Crippen LogP contribution is 2.20. The Bertz CT molecular complexity index is 330. The summed E-state index contributed by atoms with van der Waals surface area (Å²) >= 11 is 0. The lowest BCUT2D eigenvalue weighted by atomic mass is 10.2. The van der Waals surface area contributed by atoms with Gasteiger partial charge in [-0.15, -0.1) is 0 Å². The fraction of sp³-hybridized carbons (Fsp3) is 0.143. The Morgan fingerprint density at radius 1 is 1.42 bits per heavy atom. The molecule has 2 nitrogen and oxygen atoms in total. The largest absolute Gasteiger partial charge is 0.266 e. The minimum atomic E-state index is -2.80. The molecule has 1 rings (SSSR count). The maximum Gasteiger partial charge on any atom is 0.266 e. The normalized spacial score (nSPS) is 9.92. The van der Waals surface area contributed by atoms with E-state index in [2.05, 4.69) is 4.98 Å². The van der Waals surface area contributed by atoms with Crippen molar-refractivity contribution in [2.24, 2.45) is 0 Å². The number of nitriles is 1. The van der Waals surface area contributed by atoms with Gasteiger partial charge in [0.1, 0.15) is 6.07 Å². The van der Waals surface area contributed by atoms with Gasteiger partial charge in [-0.05, 0) is 12.1 Å². The van der Waals surface area contributed by atoms with Gasteiger partial charge in [0, 0.05) is 0 Å². The summed E-state index contributed by atoms with van der Waals surface area (Å²) in [5.41, 5.74) is -1.11. The molecule has 5 heteroatoms. The topological polar surface area (TPSA) is 36.7 Å². The lowest BCUT2D eigenvalue weighted by molar-refractivity contribution is 0.150. The molecule has 0 bridgehead atoms. The van der Waals surface area contributed by atoms with Gasteiger partial charge < -0.3 is 0 Å². The summed E-state index contributed by atoms with van der Waals surface area (Å²) in [6, 6.07) is 3.03. The van der Waals surface area contributed by atoms with Crippen LogP contribution in [0.25, 0.3) is 0 Å². The molecule has 12 heavy (non-hydrogen) atoms. The van der Waals surface area contributed by atoms with Gasteiger partial charge >= 0.3 is 0 Å². The van der Waals surface area contributed by atoms with E-state index < -0.39 is 23.6 Å². The van der Waals surface area contributed by atoms with Crippen LogP contribution in [0.2, 0.25) is 0 Å². The average molecular weight is 172 g/mol. The molecule has 0 aliphatic rings. The molecular formula is C7H3F3N2. The van der Waals surface area contributed by atoms with E-state index in [1.54, 1.807) is 0 Å². The van der Waals surface area contributed by atoms with E-state index in [-0.39, 0.29) is 0 Å². The lowest BCUT2D eigenvalue weighted by Crippen LogP contribution is -1.95. The maximum absolute atomic E-state index is 12.3. The van der Waals surface area contributed by atoms with Crippen molar-refractivity contribution in [3.8, 4) is 6.07 Å². The predicted molar refractivity (Wildman–Crippen MR) is 33.9 cm³/mol. The number of pyridine rings is 1. The molecule has 0 unspecified atom stereocenters. The molecule has 0 amide bonds. The van der Waals surface area contributed by atoms with Crippen molar-refractivity contribution in [1.29, 1.82) is 5.26 Å². The third-order valence-electron chi connectivity index (χ3n) is 1.23. The molecule has 0 aromatic carbocycles. The first-order valence-corrected chi connectivity index (χ1v) is 3.00. The van der Waals surface area contributed by atoms with Crippen LogP contribution in [-0.2, 0) is 0 Å². The van der Waals surface area contributed by atoms with Crippen LogP contribution in [0.1, 0.15) is 17.7 Å². The second-order valence-electron chi connectivity index (χ2n) is 1.98. The third kappa shape index (κ3) is 1.53. The summed E-state index contributed by atoms with van der Waals surface area (Å²) in [6.45, 7) is 0. The zero-order chi connectivity index (χ0) is 9.14. The minimum Gasteiger partial charge on any atom is -0.208 e. The number of halogens is 3. The van der Waals surface area contributed by atoms with Crippen LogP contribution in [-0.4, -0.2) is 4.98 Å². The summed E-state index contributed by atoms with van der Waals surface area (Å²) in [6.07, 6.45) is -2.80. The zero-order valence-corrected chi connectivity index (χ0v) is 5.76.